The number of azo groups is 1. The van der Waals surface area contributed by atoms with E-state index in [0.29, 0.717) is 86.0 Å². The summed E-state index contributed by atoms with van der Waals surface area (Å²) in [6, 6.07) is 21.8. The molecule has 2 aliphatic rings. The fraction of sp³-hybridized carbons (Fsp3) is 0.491. The molecule has 5 amide bonds. The number of aliphatic carboxylic acids is 1. The van der Waals surface area contributed by atoms with Gasteiger partial charge in [-0.3, -0.25) is 14.4 Å². The van der Waals surface area contributed by atoms with Crippen molar-refractivity contribution in [1.29, 1.82) is 0 Å². The molecule has 4 aromatic carbocycles. The Labute approximate surface area is 428 Å². The molecule has 2 fully saturated rings. The molecule has 19 nitrogen and oxygen atoms in total. The molecule has 6 rings (SSSR count). The highest BCUT2D eigenvalue weighted by atomic mass is 32.2. The summed E-state index contributed by atoms with van der Waals surface area (Å²) in [5, 5.41) is 40.4. The summed E-state index contributed by atoms with van der Waals surface area (Å²) in [7, 11) is 0.456. The number of carboxylic acids is 1. The number of sulfone groups is 1. The van der Waals surface area contributed by atoms with E-state index >= 15 is 0 Å². The minimum absolute atomic E-state index is 0.0245. The number of nitrogens with zero attached hydrogens (tertiary/aromatic N) is 4. The Morgan fingerprint density at radius 1 is 0.767 bits per heavy atom. The highest BCUT2D eigenvalue weighted by molar-refractivity contribution is 7.91. The van der Waals surface area contributed by atoms with Gasteiger partial charge in [-0.05, 0) is 98.7 Å². The molecule has 0 spiro atoms. The fourth-order valence-electron chi connectivity index (χ4n) is 9.09. The number of amides is 5. The minimum Gasteiger partial charge on any atom is -0.548 e. The van der Waals surface area contributed by atoms with E-state index in [-0.39, 0.29) is 67.7 Å². The molecule has 6 N–H and O–H groups in total. The number of unbranched alkanes of at least 4 members (excludes halogenated alkanes) is 1. The van der Waals surface area contributed by atoms with Gasteiger partial charge in [-0.1, -0.05) is 56.4 Å². The van der Waals surface area contributed by atoms with Crippen molar-refractivity contribution < 1.29 is 42.2 Å². The highest BCUT2D eigenvalue weighted by Gasteiger charge is 2.28. The molecule has 0 unspecified atom stereocenters. The molecule has 1 aliphatic carbocycles. The SMILES string of the molecule is CN(C)c1ccc(N=Nc2ccc(C(=O)NCCCC[C@H](NC(=O)[C@H](CCC(=O)NCCNc3cccc4c(S(C)(=O)=O)cccc34)NC[C@H](CC3CCCCC3)NC(=O)N3CCOCC3)C(=O)[O-])cc2)cc1. The minimum atomic E-state index is -3.46. The monoisotopic (exact) mass is 1020 g/mol. The Balaban J connectivity index is 1.02. The van der Waals surface area contributed by atoms with Crippen molar-refractivity contribution in [3.8, 4) is 0 Å². The Bertz CT molecular complexity index is 2600. The van der Waals surface area contributed by atoms with Crippen LogP contribution in [-0.4, -0.2) is 134 Å². The number of ether oxygens (including phenoxy) is 1. The van der Waals surface area contributed by atoms with E-state index in [2.05, 4.69) is 42.1 Å². The van der Waals surface area contributed by atoms with Crippen molar-refractivity contribution in [3.63, 3.8) is 0 Å². The van der Waals surface area contributed by atoms with E-state index in [1.54, 1.807) is 53.4 Å². The van der Waals surface area contributed by atoms with Crippen LogP contribution in [0.15, 0.2) is 100 Å². The first kappa shape index (κ1) is 55.7. The first-order valence-electron chi connectivity index (χ1n) is 25.3. The van der Waals surface area contributed by atoms with Crippen LogP contribution in [0.5, 0.6) is 0 Å². The summed E-state index contributed by atoms with van der Waals surface area (Å²) in [6.45, 7) is 2.83. The molecule has 0 bridgehead atoms. The molecule has 1 aliphatic heterocycles. The van der Waals surface area contributed by atoms with Crippen LogP contribution in [-0.2, 0) is 29.0 Å². The second-order valence-corrected chi connectivity index (χ2v) is 21.0. The van der Waals surface area contributed by atoms with E-state index in [1.807, 2.05) is 55.4 Å². The van der Waals surface area contributed by atoms with E-state index in [0.717, 1.165) is 36.8 Å². The molecular weight excluding hydrogens is 953 g/mol. The number of hydrogen-bond donors (Lipinski definition) is 6. The first-order valence-corrected chi connectivity index (χ1v) is 27.2. The van der Waals surface area contributed by atoms with Crippen molar-refractivity contribution in [1.82, 2.24) is 31.5 Å². The van der Waals surface area contributed by atoms with E-state index in [1.165, 1.54) is 12.7 Å². The van der Waals surface area contributed by atoms with Crippen molar-refractivity contribution in [2.75, 3.05) is 83.1 Å². The Morgan fingerprint density at radius 2 is 1.44 bits per heavy atom. The molecule has 1 heterocycles. The standard InChI is InChI=1S/C53H72N10O9S/c1-62(2)42-24-22-40(23-25-42)61-60-39-20-18-38(19-21-39)50(65)56-28-8-7-15-47(52(67)68)59-51(66)46(57-36-41(35-37-11-5-4-6-12-37)58-53(69)63-31-33-72-34-32-63)26-27-49(64)55-30-29-54-45-16-9-14-44-43(45)13-10-17-48(44)73(3,70)71/h9-10,13-14,16-25,37,41,46-47,54,57H,4-8,11-12,15,26-36H2,1-3H3,(H,55,64)(H,56,65)(H,58,69)(H,59,66)(H,67,68)/p-1/t41-,46-,47-/m0/s1. The maximum absolute atomic E-state index is 14.0. The van der Waals surface area contributed by atoms with Crippen LogP contribution in [0.4, 0.5) is 27.5 Å². The van der Waals surface area contributed by atoms with E-state index in [9.17, 15) is 37.5 Å². The van der Waals surface area contributed by atoms with Gasteiger partial charge in [-0.15, -0.1) is 0 Å². The van der Waals surface area contributed by atoms with Gasteiger partial charge in [0.25, 0.3) is 5.91 Å². The van der Waals surface area contributed by atoms with Crippen LogP contribution in [0.25, 0.3) is 10.8 Å². The van der Waals surface area contributed by atoms with Crippen LogP contribution < -0.4 is 41.9 Å². The van der Waals surface area contributed by atoms with Crippen molar-refractivity contribution >= 4 is 73.1 Å². The van der Waals surface area contributed by atoms with Gasteiger partial charge in [0.2, 0.25) is 11.8 Å². The normalized spacial score (nSPS) is 15.5. The van der Waals surface area contributed by atoms with Crippen LogP contribution in [0.3, 0.4) is 0 Å². The number of carbonyl (C=O) groups excluding carboxylic acids is 5. The molecule has 1 saturated carbocycles. The van der Waals surface area contributed by atoms with Gasteiger partial charge in [0.15, 0.2) is 9.84 Å². The lowest BCUT2D eigenvalue weighted by Crippen LogP contribution is -2.56. The smallest absolute Gasteiger partial charge is 0.317 e. The van der Waals surface area contributed by atoms with Crippen LogP contribution in [0.1, 0.15) is 81.0 Å². The second-order valence-electron chi connectivity index (χ2n) is 19.0. The van der Waals surface area contributed by atoms with Gasteiger partial charge in [0.05, 0.1) is 47.5 Å². The van der Waals surface area contributed by atoms with Gasteiger partial charge < -0.3 is 56.3 Å². The largest absolute Gasteiger partial charge is 0.548 e. The lowest BCUT2D eigenvalue weighted by atomic mass is 9.84. The topological polar surface area (TPSA) is 255 Å². The summed E-state index contributed by atoms with van der Waals surface area (Å²) in [5.41, 5.74) is 3.45. The lowest BCUT2D eigenvalue weighted by molar-refractivity contribution is -0.308. The molecule has 394 valence electrons. The molecule has 0 aromatic heterocycles. The predicted molar refractivity (Wildman–Crippen MR) is 280 cm³/mol. The molecule has 3 atom stereocenters. The molecule has 0 radical (unpaired) electrons. The van der Waals surface area contributed by atoms with E-state index in [4.69, 9.17) is 4.74 Å². The summed E-state index contributed by atoms with van der Waals surface area (Å²) in [6.07, 6.45) is 8.08. The number of hydrogen-bond acceptors (Lipinski definition) is 14. The number of carbonyl (C=O) groups is 5. The van der Waals surface area contributed by atoms with E-state index < -0.39 is 33.8 Å². The molecule has 4 aromatic rings. The van der Waals surface area contributed by atoms with Crippen LogP contribution in [0, 0.1) is 5.92 Å². The predicted octanol–water partition coefficient (Wildman–Crippen LogP) is 5.21. The number of rotatable bonds is 26. The number of carboxylic acid groups (broad SMARTS) is 1. The number of nitrogens with one attached hydrogen (secondary N) is 6. The number of benzene rings is 4. The third-order valence-corrected chi connectivity index (χ3v) is 14.3. The van der Waals surface area contributed by atoms with Crippen LogP contribution in [0.2, 0.25) is 0 Å². The van der Waals surface area contributed by atoms with Gasteiger partial charge >= 0.3 is 6.03 Å². The first-order chi connectivity index (χ1) is 35.1. The van der Waals surface area contributed by atoms with Gasteiger partial charge in [-0.25, -0.2) is 13.2 Å². The Hall–Kier alpha value is -6.64. The quantitative estimate of drug-likeness (QED) is 0.0350. The van der Waals surface area contributed by atoms with Crippen LogP contribution >= 0.6 is 0 Å². The maximum Gasteiger partial charge on any atom is 0.317 e. The zero-order chi connectivity index (χ0) is 52.2. The zero-order valence-electron chi connectivity index (χ0n) is 42.2. The van der Waals surface area contributed by atoms with Gasteiger partial charge in [0.1, 0.15) is 0 Å². The third-order valence-electron chi connectivity index (χ3n) is 13.2. The number of morpholine rings is 1. The molecule has 73 heavy (non-hydrogen) atoms. The number of anilines is 2. The van der Waals surface area contributed by atoms with Gasteiger partial charge in [-0.2, -0.15) is 10.2 Å². The second kappa shape index (κ2) is 28.0. The van der Waals surface area contributed by atoms with Gasteiger partial charge in [0, 0.05) is 99.8 Å². The van der Waals surface area contributed by atoms with Crippen molar-refractivity contribution in [3.05, 3.63) is 90.5 Å². The summed E-state index contributed by atoms with van der Waals surface area (Å²) < 4.78 is 30.2. The van der Waals surface area contributed by atoms with Crippen molar-refractivity contribution in [2.45, 2.75) is 93.7 Å². The average Bonchev–Trinajstić information content (AvgIpc) is 3.38. The number of fused-ring (bicyclic) bond motifs is 1. The summed E-state index contributed by atoms with van der Waals surface area (Å²) >= 11 is 0. The zero-order valence-corrected chi connectivity index (χ0v) is 43.0. The highest BCUT2D eigenvalue weighted by Crippen LogP contribution is 2.30. The summed E-state index contributed by atoms with van der Waals surface area (Å²) in [4.78, 5) is 70.0. The fourth-order valence-corrected chi connectivity index (χ4v) is 10.00. The lowest BCUT2D eigenvalue weighted by Gasteiger charge is -2.32. The molecule has 1 saturated heterocycles. The molecule has 20 heteroatoms. The third kappa shape index (κ3) is 17.8. The summed E-state index contributed by atoms with van der Waals surface area (Å²) in [5.74, 6) is -2.33. The number of urea groups is 1. The Kier molecular flexibility index (Phi) is 21.3. The molecular formula is C53H71N10O9S-. The Morgan fingerprint density at radius 3 is 2.11 bits per heavy atom. The van der Waals surface area contributed by atoms with Crippen molar-refractivity contribution in [2.24, 2.45) is 16.1 Å². The average molecular weight is 1020 g/mol. The maximum atomic E-state index is 14.0.